The van der Waals surface area contributed by atoms with Gasteiger partial charge in [-0.05, 0) is 60.7 Å². The van der Waals surface area contributed by atoms with E-state index in [0.29, 0.717) is 0 Å². The summed E-state index contributed by atoms with van der Waals surface area (Å²) in [6.45, 7) is 0.782. The molecule has 1 aliphatic rings. The van der Waals surface area contributed by atoms with E-state index in [1.807, 2.05) is 66.7 Å². The lowest BCUT2D eigenvalue weighted by atomic mass is 10.1. The van der Waals surface area contributed by atoms with Crippen molar-refractivity contribution >= 4 is 56.2 Å². The Hall–Kier alpha value is -5.75. The molecule has 0 spiro atoms. The number of furan rings is 1. The predicted octanol–water partition coefficient (Wildman–Crippen LogP) is 9.79. The highest BCUT2D eigenvalue weighted by molar-refractivity contribution is 6.10. The molecule has 8 rings (SSSR count). The van der Waals surface area contributed by atoms with E-state index < -0.39 is 0 Å². The van der Waals surface area contributed by atoms with Crippen molar-refractivity contribution in [2.45, 2.75) is 0 Å². The molecule has 43 heavy (non-hydrogen) atoms. The van der Waals surface area contributed by atoms with Gasteiger partial charge in [0.1, 0.15) is 22.9 Å². The zero-order chi connectivity index (χ0) is 28.8. The molecule has 1 aliphatic heterocycles. The summed E-state index contributed by atoms with van der Waals surface area (Å²) in [6, 6.07) is 45.1. The fourth-order valence-corrected chi connectivity index (χ4v) is 5.93. The molecule has 0 saturated carbocycles. The normalized spacial score (nSPS) is 12.6. The van der Waals surface area contributed by atoms with Crippen molar-refractivity contribution in [3.05, 3.63) is 140 Å². The molecule has 0 N–H and O–H groups in total. The lowest BCUT2D eigenvalue weighted by Crippen LogP contribution is -2.23. The van der Waals surface area contributed by atoms with Crippen molar-refractivity contribution in [3.63, 3.8) is 0 Å². The molecule has 0 unspecified atom stereocenters. The third-order valence-electron chi connectivity index (χ3n) is 7.88. The van der Waals surface area contributed by atoms with Gasteiger partial charge in [0.2, 0.25) is 0 Å². The fraction of sp³-hybridized carbons (Fsp3) is 0.0541. The van der Waals surface area contributed by atoms with Gasteiger partial charge in [-0.15, -0.1) is 0 Å². The monoisotopic (exact) mass is 560 g/mol. The maximum Gasteiger partial charge on any atom is 0.159 e. The maximum absolute atomic E-state index is 6.48. The third-order valence-corrected chi connectivity index (χ3v) is 7.88. The van der Waals surface area contributed by atoms with Crippen LogP contribution in [0.25, 0.3) is 21.9 Å². The summed E-state index contributed by atoms with van der Waals surface area (Å²) in [7, 11) is 2.11. The van der Waals surface area contributed by atoms with Gasteiger partial charge >= 0.3 is 0 Å². The zero-order valence-corrected chi connectivity index (χ0v) is 23.6. The molecule has 5 aromatic carbocycles. The summed E-state index contributed by atoms with van der Waals surface area (Å²) in [5, 5.41) is 2.15. The van der Waals surface area contributed by atoms with E-state index in [4.69, 9.17) is 14.1 Å². The summed E-state index contributed by atoms with van der Waals surface area (Å²) in [6.07, 6.45) is 1.81. The number of hydrogen-bond donors (Lipinski definition) is 0. The molecule has 2 aromatic heterocycles. The molecule has 0 bridgehead atoms. The van der Waals surface area contributed by atoms with Crippen LogP contribution in [0.4, 0.5) is 34.3 Å². The van der Waals surface area contributed by atoms with Gasteiger partial charge in [-0.1, -0.05) is 60.7 Å². The predicted molar refractivity (Wildman–Crippen MR) is 175 cm³/mol. The van der Waals surface area contributed by atoms with Crippen molar-refractivity contribution in [1.82, 2.24) is 4.98 Å². The van der Waals surface area contributed by atoms with E-state index in [1.54, 1.807) is 6.20 Å². The average Bonchev–Trinajstić information content (AvgIpc) is 3.60. The Kier molecular flexibility index (Phi) is 5.97. The highest BCUT2D eigenvalue weighted by Crippen LogP contribution is 2.43. The Bertz CT molecular complexity index is 2090. The summed E-state index contributed by atoms with van der Waals surface area (Å²) in [5.74, 6) is 2.28. The number of aromatic nitrogens is 1. The van der Waals surface area contributed by atoms with Crippen LogP contribution in [0.2, 0.25) is 0 Å². The smallest absolute Gasteiger partial charge is 0.159 e. The number of nitrogens with zero attached hydrogens (tertiary/aromatic N) is 4. The number of benzene rings is 5. The summed E-state index contributed by atoms with van der Waals surface area (Å²) in [5.41, 5.74) is 6.97. The van der Waals surface area contributed by atoms with E-state index in [1.165, 1.54) is 11.4 Å². The second-order valence-electron chi connectivity index (χ2n) is 10.6. The molecule has 7 aromatic rings. The molecule has 6 heteroatoms. The summed E-state index contributed by atoms with van der Waals surface area (Å²) >= 11 is 0. The highest BCUT2D eigenvalue weighted by atomic mass is 16.5. The number of ether oxygens (including phenoxy) is 1. The van der Waals surface area contributed by atoms with E-state index >= 15 is 0 Å². The van der Waals surface area contributed by atoms with E-state index in [-0.39, 0.29) is 0 Å². The van der Waals surface area contributed by atoms with Gasteiger partial charge < -0.3 is 19.0 Å². The topological polar surface area (TPSA) is 45.0 Å². The number of para-hydroxylation sites is 4. The number of fused-ring (bicyclic) bond motifs is 4. The molecule has 0 fully saturated rings. The minimum Gasteiger partial charge on any atom is -0.457 e. The van der Waals surface area contributed by atoms with Gasteiger partial charge in [0.15, 0.2) is 5.58 Å². The molecule has 6 nitrogen and oxygen atoms in total. The number of anilines is 6. The van der Waals surface area contributed by atoms with Gasteiger partial charge in [-0.25, -0.2) is 4.98 Å². The molecule has 3 heterocycles. The molecule has 0 aliphatic carbocycles. The number of rotatable bonds is 6. The van der Waals surface area contributed by atoms with E-state index in [0.717, 1.165) is 63.0 Å². The van der Waals surface area contributed by atoms with Crippen molar-refractivity contribution in [1.29, 1.82) is 0 Å². The first kappa shape index (κ1) is 25.0. The Morgan fingerprint density at radius 2 is 1.44 bits per heavy atom. The first-order valence-corrected chi connectivity index (χ1v) is 14.3. The van der Waals surface area contributed by atoms with Crippen LogP contribution in [0.1, 0.15) is 0 Å². The molecule has 208 valence electrons. The zero-order valence-electron chi connectivity index (χ0n) is 23.6. The molecule has 0 amide bonds. The van der Waals surface area contributed by atoms with Crippen LogP contribution < -0.4 is 19.4 Å². The van der Waals surface area contributed by atoms with Crippen molar-refractivity contribution < 1.29 is 9.15 Å². The largest absolute Gasteiger partial charge is 0.457 e. The minimum atomic E-state index is 0.728. The van der Waals surface area contributed by atoms with Crippen molar-refractivity contribution in [2.24, 2.45) is 0 Å². The second-order valence-corrected chi connectivity index (χ2v) is 10.6. The van der Waals surface area contributed by atoms with Crippen LogP contribution in [0.3, 0.4) is 0 Å². The lowest BCUT2D eigenvalue weighted by Gasteiger charge is -2.24. The second kappa shape index (κ2) is 10.3. The van der Waals surface area contributed by atoms with Crippen LogP contribution in [0.15, 0.2) is 144 Å². The Morgan fingerprint density at radius 1 is 0.698 bits per heavy atom. The van der Waals surface area contributed by atoms with Crippen LogP contribution in [-0.4, -0.2) is 18.7 Å². The van der Waals surface area contributed by atoms with Crippen molar-refractivity contribution in [3.8, 4) is 11.5 Å². The Labute approximate surface area is 249 Å². The Morgan fingerprint density at radius 3 is 2.33 bits per heavy atom. The molecule has 0 saturated heterocycles. The van der Waals surface area contributed by atoms with Crippen molar-refractivity contribution in [2.75, 3.05) is 28.4 Å². The standard InChI is InChI=1S/C37H28N4O2/c1-39-25-40(33-18-4-3-17-32(33)39)26-11-8-13-28(23-26)42-29-14-9-12-27(24-29)41(36-21-6-7-22-38-36)34-19-10-16-31-30-15-2-5-20-35(30)43-37(31)34/h2-24H,25H2,1H3. The van der Waals surface area contributed by atoms with Crippen LogP contribution in [0, 0.1) is 0 Å². The van der Waals surface area contributed by atoms with Crippen LogP contribution in [0.5, 0.6) is 11.5 Å². The minimum absolute atomic E-state index is 0.728. The summed E-state index contributed by atoms with van der Waals surface area (Å²) in [4.78, 5) is 11.4. The van der Waals surface area contributed by atoms with Gasteiger partial charge in [0, 0.05) is 41.8 Å². The highest BCUT2D eigenvalue weighted by Gasteiger charge is 2.24. The molecule has 0 atom stereocenters. The van der Waals surface area contributed by atoms with Gasteiger partial charge in [-0.2, -0.15) is 0 Å². The molecular weight excluding hydrogens is 532 g/mol. The van der Waals surface area contributed by atoms with Gasteiger partial charge in [-0.3, -0.25) is 4.90 Å². The van der Waals surface area contributed by atoms with E-state index in [2.05, 4.69) is 88.5 Å². The van der Waals surface area contributed by atoms with Gasteiger partial charge in [0.05, 0.1) is 29.4 Å². The third kappa shape index (κ3) is 4.41. The molecular formula is C37H28N4O2. The van der Waals surface area contributed by atoms with E-state index in [9.17, 15) is 0 Å². The fourth-order valence-electron chi connectivity index (χ4n) is 5.93. The molecule has 0 radical (unpaired) electrons. The van der Waals surface area contributed by atoms with Crippen LogP contribution in [-0.2, 0) is 0 Å². The lowest BCUT2D eigenvalue weighted by molar-refractivity contribution is 0.483. The maximum atomic E-state index is 6.48. The number of hydrogen-bond acceptors (Lipinski definition) is 6. The summed E-state index contributed by atoms with van der Waals surface area (Å²) < 4.78 is 12.9. The first-order chi connectivity index (χ1) is 21.2. The average molecular weight is 561 g/mol. The number of pyridine rings is 1. The van der Waals surface area contributed by atoms with Gasteiger partial charge in [0.25, 0.3) is 0 Å². The van der Waals surface area contributed by atoms with Crippen LogP contribution >= 0.6 is 0 Å². The SMILES string of the molecule is CN1CN(c2cccc(Oc3cccc(N(c4ccccn4)c4cccc5c4oc4ccccc45)c3)c2)c2ccccc21. The Balaban J connectivity index is 1.17. The quantitative estimate of drug-likeness (QED) is 0.202. The first-order valence-electron chi connectivity index (χ1n) is 14.3.